The van der Waals surface area contributed by atoms with Crippen molar-refractivity contribution in [1.82, 2.24) is 0 Å². The van der Waals surface area contributed by atoms with E-state index in [1.807, 2.05) is 30.3 Å². The first-order chi connectivity index (χ1) is 12.8. The summed E-state index contributed by atoms with van der Waals surface area (Å²) in [7, 11) is -3.76. The number of carbonyl (C=O) groups excluding carboxylic acids is 1. The molecule has 0 spiro atoms. The fourth-order valence-electron chi connectivity index (χ4n) is 2.54. The van der Waals surface area contributed by atoms with Gasteiger partial charge >= 0.3 is 0 Å². The van der Waals surface area contributed by atoms with Gasteiger partial charge in [0.2, 0.25) is 5.91 Å². The molecule has 0 aliphatic carbocycles. The van der Waals surface area contributed by atoms with Crippen LogP contribution in [0.15, 0.2) is 77.7 Å². The Balaban J connectivity index is 1.80. The fraction of sp³-hybridized carbons (Fsp3) is 0.0500. The molecule has 7 heteroatoms. The molecule has 0 heterocycles. The third-order valence-electron chi connectivity index (χ3n) is 3.80. The molecule has 0 aromatic heterocycles. The van der Waals surface area contributed by atoms with Crippen molar-refractivity contribution >= 4 is 38.9 Å². The highest BCUT2D eigenvalue weighted by molar-refractivity contribution is 7.92. The first-order valence-electron chi connectivity index (χ1n) is 8.10. The van der Waals surface area contributed by atoms with Crippen LogP contribution >= 0.6 is 11.6 Å². The zero-order valence-electron chi connectivity index (χ0n) is 14.4. The van der Waals surface area contributed by atoms with E-state index < -0.39 is 10.0 Å². The highest BCUT2D eigenvalue weighted by Crippen LogP contribution is 2.27. The Kier molecular flexibility index (Phi) is 5.48. The zero-order chi connectivity index (χ0) is 19.4. The van der Waals surface area contributed by atoms with Crippen LogP contribution in [0.1, 0.15) is 6.92 Å². The Bertz CT molecular complexity index is 1070. The lowest BCUT2D eigenvalue weighted by Gasteiger charge is -2.11. The molecule has 0 saturated carbocycles. The number of amides is 1. The summed E-state index contributed by atoms with van der Waals surface area (Å²) in [5.41, 5.74) is 2.66. The second-order valence-electron chi connectivity index (χ2n) is 5.87. The van der Waals surface area contributed by atoms with Gasteiger partial charge in [-0.3, -0.25) is 9.52 Å². The van der Waals surface area contributed by atoms with E-state index in [0.717, 1.165) is 11.1 Å². The minimum absolute atomic E-state index is 0.143. The van der Waals surface area contributed by atoms with Crippen LogP contribution in [-0.4, -0.2) is 14.3 Å². The number of benzene rings is 3. The van der Waals surface area contributed by atoms with Crippen molar-refractivity contribution < 1.29 is 13.2 Å². The van der Waals surface area contributed by atoms with E-state index in [4.69, 9.17) is 11.6 Å². The smallest absolute Gasteiger partial charge is 0.261 e. The number of carbonyl (C=O) groups is 1. The van der Waals surface area contributed by atoms with Gasteiger partial charge in [0.1, 0.15) is 0 Å². The molecule has 0 atom stereocenters. The third-order valence-corrected chi connectivity index (χ3v) is 5.51. The van der Waals surface area contributed by atoms with Crippen molar-refractivity contribution in [2.45, 2.75) is 11.8 Å². The molecule has 2 N–H and O–H groups in total. The number of halogens is 1. The monoisotopic (exact) mass is 400 g/mol. The molecular formula is C20H17ClN2O3S. The summed E-state index contributed by atoms with van der Waals surface area (Å²) in [6, 6.07) is 20.8. The normalized spacial score (nSPS) is 11.0. The van der Waals surface area contributed by atoms with Gasteiger partial charge in [0.15, 0.2) is 0 Å². The number of nitrogens with one attached hydrogen (secondary N) is 2. The molecule has 0 unspecified atom stereocenters. The average molecular weight is 401 g/mol. The van der Waals surface area contributed by atoms with Crippen LogP contribution in [0.3, 0.4) is 0 Å². The SMILES string of the molecule is CC(=O)Nc1ccc(NS(=O)(=O)c2ccc(-c3ccccc3)cc2)cc1Cl. The Morgan fingerprint density at radius 2 is 1.52 bits per heavy atom. The molecule has 3 aromatic rings. The summed E-state index contributed by atoms with van der Waals surface area (Å²) in [4.78, 5) is 11.3. The molecule has 138 valence electrons. The number of anilines is 2. The zero-order valence-corrected chi connectivity index (χ0v) is 16.0. The van der Waals surface area contributed by atoms with Crippen LogP contribution in [0.4, 0.5) is 11.4 Å². The summed E-state index contributed by atoms with van der Waals surface area (Å²) in [5.74, 6) is -0.260. The van der Waals surface area contributed by atoms with Gasteiger partial charge in [-0.1, -0.05) is 54.1 Å². The Hall–Kier alpha value is -2.83. The minimum Gasteiger partial charge on any atom is -0.325 e. The first-order valence-corrected chi connectivity index (χ1v) is 9.97. The second-order valence-corrected chi connectivity index (χ2v) is 7.96. The summed E-state index contributed by atoms with van der Waals surface area (Å²) in [6.45, 7) is 1.37. The summed E-state index contributed by atoms with van der Waals surface area (Å²) in [6.07, 6.45) is 0. The summed E-state index contributed by atoms with van der Waals surface area (Å²) >= 11 is 6.09. The van der Waals surface area contributed by atoms with Crippen molar-refractivity contribution in [3.8, 4) is 11.1 Å². The topological polar surface area (TPSA) is 75.3 Å². The van der Waals surface area contributed by atoms with Crippen LogP contribution in [0.2, 0.25) is 5.02 Å². The van der Waals surface area contributed by atoms with Crippen molar-refractivity contribution in [2.24, 2.45) is 0 Å². The van der Waals surface area contributed by atoms with Gasteiger partial charge in [-0.05, 0) is 41.5 Å². The van der Waals surface area contributed by atoms with E-state index in [2.05, 4.69) is 10.0 Å². The second kappa shape index (κ2) is 7.82. The van der Waals surface area contributed by atoms with Gasteiger partial charge in [0, 0.05) is 6.92 Å². The van der Waals surface area contributed by atoms with Gasteiger partial charge in [0.25, 0.3) is 10.0 Å². The quantitative estimate of drug-likeness (QED) is 0.648. The fourth-order valence-corrected chi connectivity index (χ4v) is 3.82. The lowest BCUT2D eigenvalue weighted by atomic mass is 10.1. The van der Waals surface area contributed by atoms with Crippen molar-refractivity contribution in [2.75, 3.05) is 10.0 Å². The maximum absolute atomic E-state index is 12.6. The first kappa shape index (κ1) is 18.9. The predicted molar refractivity (Wildman–Crippen MR) is 108 cm³/mol. The Labute approximate surface area is 163 Å². The molecule has 3 aromatic carbocycles. The molecule has 5 nitrogen and oxygen atoms in total. The van der Waals surface area contributed by atoms with E-state index in [0.29, 0.717) is 11.4 Å². The van der Waals surface area contributed by atoms with Crippen LogP contribution < -0.4 is 10.0 Å². The molecule has 3 rings (SSSR count). The van der Waals surface area contributed by atoms with Crippen LogP contribution in [0.25, 0.3) is 11.1 Å². The third kappa shape index (κ3) is 4.67. The highest BCUT2D eigenvalue weighted by Gasteiger charge is 2.15. The summed E-state index contributed by atoms with van der Waals surface area (Å²) in [5, 5.41) is 2.81. The van der Waals surface area contributed by atoms with Gasteiger partial charge in [-0.15, -0.1) is 0 Å². The summed E-state index contributed by atoms with van der Waals surface area (Å²) < 4.78 is 27.7. The standard InChI is InChI=1S/C20H17ClN2O3S/c1-14(24)22-20-12-9-17(13-19(20)21)23-27(25,26)18-10-7-16(8-11-18)15-5-3-2-4-6-15/h2-13,23H,1H3,(H,22,24). The van der Waals surface area contributed by atoms with E-state index in [1.165, 1.54) is 19.1 Å². The van der Waals surface area contributed by atoms with Crippen LogP contribution in [-0.2, 0) is 14.8 Å². The molecule has 0 fully saturated rings. The molecule has 27 heavy (non-hydrogen) atoms. The molecule has 0 bridgehead atoms. The number of sulfonamides is 1. The van der Waals surface area contributed by atoms with E-state index in [1.54, 1.807) is 30.3 Å². The van der Waals surface area contributed by atoms with Crippen molar-refractivity contribution in [1.29, 1.82) is 0 Å². The van der Waals surface area contributed by atoms with Crippen molar-refractivity contribution in [3.63, 3.8) is 0 Å². The lowest BCUT2D eigenvalue weighted by Crippen LogP contribution is -2.13. The number of hydrogen-bond acceptors (Lipinski definition) is 3. The average Bonchev–Trinajstić information content (AvgIpc) is 2.64. The number of rotatable bonds is 5. The number of hydrogen-bond donors (Lipinski definition) is 2. The van der Waals surface area contributed by atoms with E-state index in [9.17, 15) is 13.2 Å². The van der Waals surface area contributed by atoms with Gasteiger partial charge in [-0.2, -0.15) is 0 Å². The minimum atomic E-state index is -3.76. The molecule has 0 radical (unpaired) electrons. The lowest BCUT2D eigenvalue weighted by molar-refractivity contribution is -0.114. The molecule has 1 amide bonds. The van der Waals surface area contributed by atoms with Crippen LogP contribution in [0, 0.1) is 0 Å². The van der Waals surface area contributed by atoms with Crippen LogP contribution in [0.5, 0.6) is 0 Å². The molecule has 0 saturated heterocycles. The Morgan fingerprint density at radius 1 is 0.889 bits per heavy atom. The largest absolute Gasteiger partial charge is 0.325 e. The Morgan fingerprint density at radius 3 is 2.11 bits per heavy atom. The molecule has 0 aliphatic heterocycles. The van der Waals surface area contributed by atoms with Crippen molar-refractivity contribution in [3.05, 3.63) is 77.8 Å². The van der Waals surface area contributed by atoms with Gasteiger partial charge in [0.05, 0.1) is 21.3 Å². The van der Waals surface area contributed by atoms with Gasteiger partial charge in [-0.25, -0.2) is 8.42 Å². The molecular weight excluding hydrogens is 384 g/mol. The molecule has 0 aliphatic rings. The van der Waals surface area contributed by atoms with E-state index >= 15 is 0 Å². The van der Waals surface area contributed by atoms with E-state index in [-0.39, 0.29) is 15.8 Å². The predicted octanol–water partition coefficient (Wildman–Crippen LogP) is 4.77. The highest BCUT2D eigenvalue weighted by atomic mass is 35.5. The maximum Gasteiger partial charge on any atom is 0.261 e. The van der Waals surface area contributed by atoms with Gasteiger partial charge < -0.3 is 5.32 Å². The maximum atomic E-state index is 12.6.